The molecule has 0 aromatic heterocycles. The molecule has 302 valence electrons. The van der Waals surface area contributed by atoms with E-state index < -0.39 is 10.1 Å². The van der Waals surface area contributed by atoms with Gasteiger partial charge >= 0.3 is 0 Å². The van der Waals surface area contributed by atoms with Crippen molar-refractivity contribution in [1.82, 2.24) is 4.58 Å². The third kappa shape index (κ3) is 9.10. The summed E-state index contributed by atoms with van der Waals surface area (Å²) in [6.07, 6.45) is 1.74. The number of anilines is 2. The van der Waals surface area contributed by atoms with E-state index in [-0.39, 0.29) is 4.90 Å². The molecule has 2 aliphatic rings. The lowest BCUT2D eigenvalue weighted by Crippen LogP contribution is -2.28. The molecular weight excluding hydrogens is 801 g/mol. The Morgan fingerprint density at radius 3 is 1.98 bits per heavy atom. The number of para-hydroxylation sites is 2. The van der Waals surface area contributed by atoms with Crippen LogP contribution in [-0.2, 0) is 23.0 Å². The second kappa shape index (κ2) is 18.8. The molecule has 0 atom stereocenters. The molecule has 0 N–H and O–H groups in total. The van der Waals surface area contributed by atoms with Crippen LogP contribution in [0.15, 0.2) is 189 Å². The first-order valence-electron chi connectivity index (χ1n) is 20.3. The van der Waals surface area contributed by atoms with E-state index in [4.69, 9.17) is 4.42 Å². The second-order valence-corrected chi connectivity index (χ2v) is 18.1. The minimum absolute atomic E-state index is 0.264. The highest BCUT2D eigenvalue weighted by molar-refractivity contribution is 7.99. The van der Waals surface area contributed by atoms with Gasteiger partial charge in [0.15, 0.2) is 6.54 Å². The number of thioether (sulfide) groups is 2. The van der Waals surface area contributed by atoms with E-state index in [2.05, 4.69) is 145 Å². The average Bonchev–Trinajstić information content (AvgIpc) is 3.28. The third-order valence-electron chi connectivity index (χ3n) is 10.7. The first kappa shape index (κ1) is 41.2. The predicted molar refractivity (Wildman–Crippen MR) is 249 cm³/mol. The predicted octanol–water partition coefficient (Wildman–Crippen LogP) is 12.1. The van der Waals surface area contributed by atoms with Gasteiger partial charge in [0.2, 0.25) is 11.0 Å². The Morgan fingerprint density at radius 2 is 1.27 bits per heavy atom. The first-order chi connectivity index (χ1) is 29.3. The zero-order valence-electron chi connectivity index (χ0n) is 33.7. The summed E-state index contributed by atoms with van der Waals surface area (Å²) in [5.41, 5.74) is 7.94. The maximum absolute atomic E-state index is 12.8. The molecule has 1 heterocycles. The van der Waals surface area contributed by atoms with Gasteiger partial charge in [0.25, 0.3) is 0 Å². The van der Waals surface area contributed by atoms with Crippen LogP contribution >= 0.6 is 23.5 Å². The van der Waals surface area contributed by atoms with Gasteiger partial charge in [0.1, 0.15) is 21.5 Å². The number of aryl methyl sites for hydroxylation is 2. The van der Waals surface area contributed by atoms with Gasteiger partial charge in [0.05, 0.1) is 16.7 Å². The maximum Gasteiger partial charge on any atom is 0.209 e. The Hall–Kier alpha value is -5.58. The highest BCUT2D eigenvalue weighted by atomic mass is 32.2. The molecule has 1 aliphatic carbocycles. The van der Waals surface area contributed by atoms with Gasteiger partial charge in [-0.25, -0.2) is 8.42 Å². The van der Waals surface area contributed by atoms with Crippen LogP contribution in [0.4, 0.5) is 17.1 Å². The minimum atomic E-state index is -4.82. The van der Waals surface area contributed by atoms with Crippen LogP contribution in [0.2, 0.25) is 0 Å². The van der Waals surface area contributed by atoms with E-state index in [0.29, 0.717) is 33.4 Å². The zero-order valence-corrected chi connectivity index (χ0v) is 36.1. The monoisotopic (exact) mass is 846 g/mol. The van der Waals surface area contributed by atoms with Crippen molar-refractivity contribution in [2.75, 3.05) is 29.5 Å². The summed E-state index contributed by atoms with van der Waals surface area (Å²) in [6.45, 7) is 5.81. The van der Waals surface area contributed by atoms with Gasteiger partial charge in [-0.05, 0) is 73.0 Å². The van der Waals surface area contributed by atoms with Gasteiger partial charge in [-0.2, -0.15) is 4.58 Å². The number of hydrogen-bond acceptors (Lipinski definition) is 7. The molecule has 8 rings (SSSR count). The molecule has 60 heavy (non-hydrogen) atoms. The van der Waals surface area contributed by atoms with Gasteiger partial charge in [-0.1, -0.05) is 105 Å². The quantitative estimate of drug-likeness (QED) is 0.0440. The fourth-order valence-corrected chi connectivity index (χ4v) is 10.3. The lowest BCUT2D eigenvalue weighted by atomic mass is 9.93. The molecule has 6 aromatic rings. The molecule has 0 unspecified atom stereocenters. The molecular formula is C51H46N2O4S3. The average molecular weight is 847 g/mol. The van der Waals surface area contributed by atoms with E-state index in [1.165, 1.54) is 27.0 Å². The second-order valence-electron chi connectivity index (χ2n) is 14.4. The molecule has 0 spiro atoms. The summed E-state index contributed by atoms with van der Waals surface area (Å²) in [4.78, 5) is 4.50. The summed E-state index contributed by atoms with van der Waals surface area (Å²) in [6, 6.07) is 56.6. The van der Waals surface area contributed by atoms with Crippen LogP contribution in [-0.4, -0.2) is 37.6 Å². The zero-order chi connectivity index (χ0) is 41.5. The fourth-order valence-electron chi connectivity index (χ4n) is 7.85. The van der Waals surface area contributed by atoms with Crippen molar-refractivity contribution in [1.29, 1.82) is 0 Å². The van der Waals surface area contributed by atoms with Gasteiger partial charge in [-0.15, -0.1) is 23.5 Å². The Bertz CT molecular complexity index is 2900. The first-order valence-corrected chi connectivity index (χ1v) is 23.7. The summed E-state index contributed by atoms with van der Waals surface area (Å²) in [7, 11) is -4.82. The molecule has 0 radical (unpaired) electrons. The number of hydrogen-bond donors (Lipinski definition) is 0. The van der Waals surface area contributed by atoms with Gasteiger partial charge in [0, 0.05) is 79.3 Å². The molecule has 1 aliphatic heterocycles. The molecule has 0 bridgehead atoms. The van der Waals surface area contributed by atoms with Crippen LogP contribution in [0.3, 0.4) is 0 Å². The summed E-state index contributed by atoms with van der Waals surface area (Å²) < 4.78 is 47.8. The number of rotatable bonds is 15. The number of nitrogens with zero attached hydrogens (tertiary/aromatic N) is 2. The van der Waals surface area contributed by atoms with Crippen LogP contribution in [0.5, 0.6) is 0 Å². The van der Waals surface area contributed by atoms with E-state index in [1.807, 2.05) is 47.8 Å². The number of benzene rings is 7. The summed E-state index contributed by atoms with van der Waals surface area (Å²) in [5.74, 6) is 2.27. The molecule has 0 fully saturated rings. The van der Waals surface area contributed by atoms with E-state index in [0.717, 1.165) is 59.9 Å². The minimum Gasteiger partial charge on any atom is -0.744 e. The van der Waals surface area contributed by atoms with Crippen molar-refractivity contribution in [3.05, 3.63) is 186 Å². The smallest absolute Gasteiger partial charge is 0.209 e. The highest BCUT2D eigenvalue weighted by Crippen LogP contribution is 2.44. The van der Waals surface area contributed by atoms with Crippen molar-refractivity contribution in [2.24, 2.45) is 0 Å². The third-order valence-corrected chi connectivity index (χ3v) is 13.6. The van der Waals surface area contributed by atoms with E-state index in [9.17, 15) is 13.0 Å². The Morgan fingerprint density at radius 1 is 0.633 bits per heavy atom. The van der Waals surface area contributed by atoms with E-state index >= 15 is 0 Å². The Balaban J connectivity index is 1.34. The van der Waals surface area contributed by atoms with Crippen molar-refractivity contribution in [3.8, 4) is 22.5 Å². The van der Waals surface area contributed by atoms with Crippen LogP contribution in [0, 0.1) is 0 Å². The SMILES string of the molecule is CCc1ccccc1N(CCSc1ccccc1)c1ccc2c(-c3ccccc3S(=O)(=O)[O-])c3ccc(=[N+](CCSc4ccccc4)c4ccccc4CC)cc-3oc2c1. The van der Waals surface area contributed by atoms with E-state index in [1.54, 1.807) is 18.2 Å². The fraction of sp³-hybridized carbons (Fsp3) is 0.157. The normalized spacial score (nSPS) is 12.2. The van der Waals surface area contributed by atoms with Crippen LogP contribution < -0.4 is 14.8 Å². The van der Waals surface area contributed by atoms with Gasteiger partial charge < -0.3 is 13.9 Å². The van der Waals surface area contributed by atoms with Crippen molar-refractivity contribution < 1.29 is 17.4 Å². The summed E-state index contributed by atoms with van der Waals surface area (Å²) >= 11 is 3.62. The standard InChI is InChI=1S/C51H46N2O4S3/c1-3-37-17-11-14-24-46(37)52(31-33-58-41-19-7-5-8-20-41)39-27-29-43-48(35-39)57-49-36-40(28-30-44(49)51(43)45-23-13-16-26-50(45)60(54,55)56)53(47-25-15-12-18-38(47)4-2)32-34-59-42-21-9-6-10-22-42/h5-30,35-36H,3-4,31-34H2,1-2H3. The lowest BCUT2D eigenvalue weighted by molar-refractivity contribution is 0.463. The van der Waals surface area contributed by atoms with Crippen molar-refractivity contribution in [2.45, 2.75) is 41.4 Å². The Kier molecular flexibility index (Phi) is 12.9. The topological polar surface area (TPSA) is 76.6 Å². The Labute approximate surface area is 361 Å². The highest BCUT2D eigenvalue weighted by Gasteiger charge is 2.24. The maximum atomic E-state index is 12.8. The number of fused-ring (bicyclic) bond motifs is 2. The van der Waals surface area contributed by atoms with Gasteiger partial charge in [-0.3, -0.25) is 0 Å². The molecule has 6 nitrogen and oxygen atoms in total. The van der Waals surface area contributed by atoms with Crippen molar-refractivity contribution >= 4 is 61.7 Å². The lowest BCUT2D eigenvalue weighted by Gasteiger charge is -2.28. The van der Waals surface area contributed by atoms with Crippen LogP contribution in [0.1, 0.15) is 25.0 Å². The molecule has 0 saturated carbocycles. The molecule has 0 amide bonds. The van der Waals surface area contributed by atoms with Crippen molar-refractivity contribution in [3.63, 3.8) is 0 Å². The van der Waals surface area contributed by atoms with Crippen LogP contribution in [0.25, 0.3) is 33.4 Å². The molecule has 0 saturated heterocycles. The summed E-state index contributed by atoms with van der Waals surface area (Å²) in [5, 5.41) is 1.66. The molecule has 9 heteroatoms. The molecule has 6 aromatic carbocycles. The largest absolute Gasteiger partial charge is 0.744 e.